The molecule has 0 bridgehead atoms. The average Bonchev–Trinajstić information content (AvgIpc) is 2.86. The molecule has 0 aliphatic rings. The zero-order valence-corrected chi connectivity index (χ0v) is 19.2. The molecule has 0 aliphatic heterocycles. The number of rotatable bonds is 8. The maximum atomic E-state index is 13.1. The first-order valence-electron chi connectivity index (χ1n) is 10.6. The van der Waals surface area contributed by atoms with E-state index in [2.05, 4.69) is 15.7 Å². The second-order valence-electron chi connectivity index (χ2n) is 7.15. The van der Waals surface area contributed by atoms with Gasteiger partial charge in [-0.05, 0) is 55.5 Å². The summed E-state index contributed by atoms with van der Waals surface area (Å²) in [5, 5.41) is 3.37. The number of nitrogens with zero attached hydrogens (tertiary/aromatic N) is 2. The maximum Gasteiger partial charge on any atom is 0.281 e. The minimum Gasteiger partial charge on any atom is -0.494 e. The molecule has 0 unspecified atom stereocenters. The molecule has 0 atom stereocenters. The van der Waals surface area contributed by atoms with E-state index in [1.54, 1.807) is 78.9 Å². The number of thioether (sulfide) groups is 1. The number of anilines is 1. The highest BCUT2D eigenvalue weighted by atomic mass is 32.2. The van der Waals surface area contributed by atoms with Crippen molar-refractivity contribution in [2.45, 2.75) is 12.1 Å². The number of amides is 2. The van der Waals surface area contributed by atoms with E-state index in [4.69, 9.17) is 4.74 Å². The number of fused-ring (bicyclic) bond motifs is 1. The first-order chi connectivity index (χ1) is 16.5. The molecule has 34 heavy (non-hydrogen) atoms. The molecule has 2 N–H and O–H groups in total. The van der Waals surface area contributed by atoms with E-state index in [1.807, 2.05) is 6.92 Å². The molecule has 4 rings (SSSR count). The Morgan fingerprint density at radius 2 is 1.68 bits per heavy atom. The molecular formula is C25H22N4O4S. The van der Waals surface area contributed by atoms with Gasteiger partial charge in [-0.2, -0.15) is 4.68 Å². The highest BCUT2D eigenvalue weighted by Crippen LogP contribution is 2.19. The Hall–Kier alpha value is -4.11. The molecule has 0 fully saturated rings. The largest absolute Gasteiger partial charge is 0.494 e. The van der Waals surface area contributed by atoms with Gasteiger partial charge in [-0.1, -0.05) is 42.1 Å². The monoisotopic (exact) mass is 474 g/mol. The van der Waals surface area contributed by atoms with E-state index >= 15 is 0 Å². The fraction of sp³-hybridized carbons (Fsp3) is 0.120. The summed E-state index contributed by atoms with van der Waals surface area (Å²) in [5.74, 6) is -0.0365. The molecule has 4 aromatic rings. The summed E-state index contributed by atoms with van der Waals surface area (Å²) in [4.78, 5) is 42.9. The SMILES string of the molecule is CCOc1ccc(NC(=O)CSc2nc3ccccc3c(=O)n2NC(=O)c2ccccc2)cc1. The van der Waals surface area contributed by atoms with Gasteiger partial charge in [0.25, 0.3) is 11.5 Å². The van der Waals surface area contributed by atoms with Crippen molar-refractivity contribution in [3.63, 3.8) is 0 Å². The first kappa shape index (κ1) is 23.1. The topological polar surface area (TPSA) is 102 Å². The van der Waals surface area contributed by atoms with E-state index in [1.165, 1.54) is 0 Å². The number of carbonyl (C=O) groups excluding carboxylic acids is 2. The Balaban J connectivity index is 1.54. The summed E-state index contributed by atoms with van der Waals surface area (Å²) < 4.78 is 6.49. The van der Waals surface area contributed by atoms with Gasteiger partial charge in [0.05, 0.1) is 23.3 Å². The van der Waals surface area contributed by atoms with Gasteiger partial charge < -0.3 is 10.1 Å². The van der Waals surface area contributed by atoms with E-state index in [9.17, 15) is 14.4 Å². The van der Waals surface area contributed by atoms with Crippen LogP contribution in [0.3, 0.4) is 0 Å². The lowest BCUT2D eigenvalue weighted by Gasteiger charge is -2.14. The quantitative estimate of drug-likeness (QED) is 0.297. The lowest BCUT2D eigenvalue weighted by Crippen LogP contribution is -2.35. The first-order valence-corrected chi connectivity index (χ1v) is 11.6. The van der Waals surface area contributed by atoms with Crippen LogP contribution in [0.2, 0.25) is 0 Å². The summed E-state index contributed by atoms with van der Waals surface area (Å²) in [6.45, 7) is 2.46. The number of nitrogens with one attached hydrogen (secondary N) is 2. The number of carbonyl (C=O) groups is 2. The molecule has 0 saturated carbocycles. The van der Waals surface area contributed by atoms with Gasteiger partial charge in [-0.3, -0.25) is 19.8 Å². The fourth-order valence-corrected chi connectivity index (χ4v) is 3.94. The van der Waals surface area contributed by atoms with Gasteiger partial charge in [0.15, 0.2) is 5.16 Å². The van der Waals surface area contributed by atoms with Gasteiger partial charge in [-0.25, -0.2) is 4.98 Å². The Morgan fingerprint density at radius 3 is 2.41 bits per heavy atom. The normalized spacial score (nSPS) is 10.6. The predicted octanol–water partition coefficient (Wildman–Crippen LogP) is 3.91. The summed E-state index contributed by atoms with van der Waals surface area (Å²) >= 11 is 1.05. The van der Waals surface area contributed by atoms with Crippen LogP contribution in [0, 0.1) is 0 Å². The van der Waals surface area contributed by atoms with Crippen LogP contribution < -0.4 is 21.0 Å². The van der Waals surface area contributed by atoms with Crippen molar-refractivity contribution in [3.05, 3.63) is 94.8 Å². The number of para-hydroxylation sites is 1. The molecular weight excluding hydrogens is 452 g/mol. The van der Waals surface area contributed by atoms with Crippen molar-refractivity contribution >= 4 is 40.2 Å². The third kappa shape index (κ3) is 5.44. The summed E-state index contributed by atoms with van der Waals surface area (Å²) in [5.41, 5.74) is 3.68. The lowest BCUT2D eigenvalue weighted by molar-refractivity contribution is -0.113. The fourth-order valence-electron chi connectivity index (χ4n) is 3.19. The van der Waals surface area contributed by atoms with Crippen molar-refractivity contribution in [3.8, 4) is 5.75 Å². The van der Waals surface area contributed by atoms with Crippen molar-refractivity contribution in [2.24, 2.45) is 0 Å². The van der Waals surface area contributed by atoms with Crippen LogP contribution in [0.25, 0.3) is 10.9 Å². The number of hydrogen-bond acceptors (Lipinski definition) is 6. The van der Waals surface area contributed by atoms with Gasteiger partial charge in [0.2, 0.25) is 5.91 Å². The smallest absolute Gasteiger partial charge is 0.281 e. The Bertz CT molecular complexity index is 1370. The van der Waals surface area contributed by atoms with Crippen LogP contribution in [0.4, 0.5) is 5.69 Å². The van der Waals surface area contributed by atoms with E-state index in [0.29, 0.717) is 34.5 Å². The number of ether oxygens (including phenoxy) is 1. The molecule has 1 aromatic heterocycles. The highest BCUT2D eigenvalue weighted by Gasteiger charge is 2.16. The van der Waals surface area contributed by atoms with Crippen molar-refractivity contribution in [2.75, 3.05) is 23.1 Å². The van der Waals surface area contributed by atoms with E-state index in [-0.39, 0.29) is 16.8 Å². The van der Waals surface area contributed by atoms with E-state index < -0.39 is 11.5 Å². The summed E-state index contributed by atoms with van der Waals surface area (Å²) in [6.07, 6.45) is 0. The zero-order chi connectivity index (χ0) is 23.9. The van der Waals surface area contributed by atoms with E-state index in [0.717, 1.165) is 16.4 Å². The minimum atomic E-state index is -0.458. The predicted molar refractivity (Wildman–Crippen MR) is 133 cm³/mol. The van der Waals surface area contributed by atoms with Gasteiger partial charge >= 0.3 is 0 Å². The average molecular weight is 475 g/mol. The van der Waals surface area contributed by atoms with Crippen LogP contribution in [0.5, 0.6) is 5.75 Å². The van der Waals surface area contributed by atoms with Crippen LogP contribution in [0.1, 0.15) is 17.3 Å². The Morgan fingerprint density at radius 1 is 0.971 bits per heavy atom. The molecule has 172 valence electrons. The molecule has 1 heterocycles. The maximum absolute atomic E-state index is 13.1. The molecule has 0 saturated heterocycles. The zero-order valence-electron chi connectivity index (χ0n) is 18.4. The van der Waals surface area contributed by atoms with Gasteiger partial charge in [-0.15, -0.1) is 0 Å². The highest BCUT2D eigenvalue weighted by molar-refractivity contribution is 7.99. The van der Waals surface area contributed by atoms with Crippen LogP contribution in [-0.4, -0.2) is 33.8 Å². The molecule has 3 aromatic carbocycles. The number of hydrogen-bond donors (Lipinski definition) is 2. The van der Waals surface area contributed by atoms with Crippen LogP contribution in [-0.2, 0) is 4.79 Å². The third-order valence-corrected chi connectivity index (χ3v) is 5.71. The summed E-state index contributed by atoms with van der Waals surface area (Å²) in [6, 6.07) is 22.4. The van der Waals surface area contributed by atoms with Crippen molar-refractivity contribution in [1.82, 2.24) is 9.66 Å². The summed E-state index contributed by atoms with van der Waals surface area (Å²) in [7, 11) is 0. The van der Waals surface area contributed by atoms with Crippen molar-refractivity contribution < 1.29 is 14.3 Å². The van der Waals surface area contributed by atoms with Crippen LogP contribution in [0.15, 0.2) is 88.8 Å². The molecule has 8 nitrogen and oxygen atoms in total. The second kappa shape index (κ2) is 10.7. The molecule has 0 aliphatic carbocycles. The second-order valence-corrected chi connectivity index (χ2v) is 8.10. The number of benzene rings is 3. The molecule has 9 heteroatoms. The number of aromatic nitrogens is 2. The Labute approximate surface area is 199 Å². The van der Waals surface area contributed by atoms with Gasteiger partial charge in [0, 0.05) is 11.3 Å². The standard InChI is InChI=1S/C25H22N4O4S/c1-2-33-19-14-12-18(13-15-19)26-22(30)16-34-25-27-21-11-7-6-10-20(21)24(32)29(25)28-23(31)17-8-4-3-5-9-17/h3-15H,2,16H2,1H3,(H,26,30)(H,28,31). The molecule has 2 amide bonds. The van der Waals surface area contributed by atoms with Crippen molar-refractivity contribution in [1.29, 1.82) is 0 Å². The van der Waals surface area contributed by atoms with Crippen LogP contribution >= 0.6 is 11.8 Å². The Kier molecular flexibility index (Phi) is 7.24. The third-order valence-electron chi connectivity index (χ3n) is 4.78. The molecule has 0 spiro atoms. The minimum absolute atomic E-state index is 0.0147. The van der Waals surface area contributed by atoms with Gasteiger partial charge in [0.1, 0.15) is 5.75 Å². The lowest BCUT2D eigenvalue weighted by atomic mass is 10.2. The molecule has 0 radical (unpaired) electrons.